The molecule has 2 aromatic rings. The molecule has 0 spiro atoms. The second kappa shape index (κ2) is 8.75. The van der Waals surface area contributed by atoms with Crippen molar-refractivity contribution in [3.63, 3.8) is 0 Å². The molecule has 0 saturated carbocycles. The average Bonchev–Trinajstić information content (AvgIpc) is 2.72. The zero-order chi connectivity index (χ0) is 20.1. The molecule has 2 aromatic carbocycles. The number of carbonyl (C=O) groups excluding carboxylic acids is 2. The minimum absolute atomic E-state index is 0.116. The predicted molar refractivity (Wildman–Crippen MR) is 105 cm³/mol. The zero-order valence-electron chi connectivity index (χ0n) is 16.3. The molecule has 0 unspecified atom stereocenters. The van der Waals surface area contributed by atoms with Crippen LogP contribution in [0.15, 0.2) is 48.5 Å². The smallest absolute Gasteiger partial charge is 0.348 e. The van der Waals surface area contributed by atoms with Gasteiger partial charge >= 0.3 is 5.97 Å². The van der Waals surface area contributed by atoms with Crippen LogP contribution in [-0.4, -0.2) is 57.2 Å². The van der Waals surface area contributed by atoms with E-state index in [0.717, 1.165) is 11.3 Å². The number of likely N-dealkylation sites (N-methyl/N-ethyl adjacent to an activating group) is 1. The van der Waals surface area contributed by atoms with E-state index in [1.807, 2.05) is 48.3 Å². The second-order valence-electron chi connectivity index (χ2n) is 6.63. The second-order valence-corrected chi connectivity index (χ2v) is 6.63. The van der Waals surface area contributed by atoms with Crippen LogP contribution in [0.1, 0.15) is 5.56 Å². The van der Waals surface area contributed by atoms with Gasteiger partial charge in [-0.2, -0.15) is 0 Å². The monoisotopic (exact) mass is 384 g/mol. The maximum Gasteiger partial charge on any atom is 0.348 e. The van der Waals surface area contributed by atoms with Crippen LogP contribution in [0.2, 0.25) is 0 Å². The summed E-state index contributed by atoms with van der Waals surface area (Å²) in [6.07, 6.45) is -0.840. The van der Waals surface area contributed by atoms with Gasteiger partial charge in [0.1, 0.15) is 11.5 Å². The van der Waals surface area contributed by atoms with Gasteiger partial charge in [-0.05, 0) is 36.9 Å². The molecule has 1 atom stereocenters. The Kier molecular flexibility index (Phi) is 6.16. The number of nitrogens with zero attached hydrogens (tertiary/aromatic N) is 2. The van der Waals surface area contributed by atoms with Crippen molar-refractivity contribution >= 4 is 17.6 Å². The van der Waals surface area contributed by atoms with Crippen molar-refractivity contribution in [2.75, 3.05) is 39.3 Å². The van der Waals surface area contributed by atoms with Crippen molar-refractivity contribution < 1.29 is 23.8 Å². The van der Waals surface area contributed by atoms with Gasteiger partial charge in [0.15, 0.2) is 0 Å². The highest BCUT2D eigenvalue weighted by Crippen LogP contribution is 2.33. The van der Waals surface area contributed by atoms with Gasteiger partial charge in [0.05, 0.1) is 33.0 Å². The van der Waals surface area contributed by atoms with Crippen LogP contribution in [0, 0.1) is 0 Å². The third kappa shape index (κ3) is 4.43. The number of amides is 1. The highest BCUT2D eigenvalue weighted by Gasteiger charge is 2.34. The Morgan fingerprint density at radius 2 is 1.96 bits per heavy atom. The van der Waals surface area contributed by atoms with E-state index in [-0.39, 0.29) is 19.0 Å². The number of ether oxygens (including phenoxy) is 3. The normalized spacial score (nSPS) is 15.6. The molecule has 0 N–H and O–H groups in total. The van der Waals surface area contributed by atoms with Gasteiger partial charge in [-0.15, -0.1) is 0 Å². The highest BCUT2D eigenvalue weighted by atomic mass is 16.6. The number of para-hydroxylation sites is 2. The number of anilines is 1. The van der Waals surface area contributed by atoms with Crippen molar-refractivity contribution in [2.24, 2.45) is 0 Å². The van der Waals surface area contributed by atoms with E-state index in [2.05, 4.69) is 0 Å². The lowest BCUT2D eigenvalue weighted by Gasteiger charge is -2.34. The molecule has 1 aliphatic heterocycles. The van der Waals surface area contributed by atoms with E-state index < -0.39 is 12.1 Å². The summed E-state index contributed by atoms with van der Waals surface area (Å²) in [5.41, 5.74) is 1.70. The van der Waals surface area contributed by atoms with Gasteiger partial charge < -0.3 is 19.1 Å². The van der Waals surface area contributed by atoms with E-state index in [4.69, 9.17) is 14.2 Å². The minimum Gasteiger partial charge on any atom is -0.497 e. The number of carbonyl (C=O) groups is 2. The zero-order valence-corrected chi connectivity index (χ0v) is 16.3. The summed E-state index contributed by atoms with van der Waals surface area (Å²) in [4.78, 5) is 28.5. The number of methoxy groups -OCH3 is 2. The van der Waals surface area contributed by atoms with Crippen molar-refractivity contribution in [3.8, 4) is 11.5 Å². The maximum atomic E-state index is 13.0. The summed E-state index contributed by atoms with van der Waals surface area (Å²) in [5, 5.41) is 0. The molecule has 0 radical (unpaired) electrons. The average molecular weight is 384 g/mol. The minimum atomic E-state index is -0.840. The fourth-order valence-corrected chi connectivity index (χ4v) is 3.18. The number of fused-ring (bicyclic) bond motifs is 1. The molecule has 7 nitrogen and oxygen atoms in total. The van der Waals surface area contributed by atoms with Crippen molar-refractivity contribution in [2.45, 2.75) is 12.6 Å². The first-order valence-electron chi connectivity index (χ1n) is 8.97. The van der Waals surface area contributed by atoms with E-state index >= 15 is 0 Å². The topological polar surface area (TPSA) is 68.3 Å². The summed E-state index contributed by atoms with van der Waals surface area (Å²) in [6, 6.07) is 14.9. The maximum absolute atomic E-state index is 13.0. The van der Waals surface area contributed by atoms with Crippen molar-refractivity contribution in [1.82, 2.24) is 4.90 Å². The van der Waals surface area contributed by atoms with E-state index in [1.165, 1.54) is 7.11 Å². The Morgan fingerprint density at radius 3 is 2.71 bits per heavy atom. The fourth-order valence-electron chi connectivity index (χ4n) is 3.18. The van der Waals surface area contributed by atoms with Crippen LogP contribution in [0.4, 0.5) is 5.69 Å². The largest absolute Gasteiger partial charge is 0.497 e. The molecule has 3 rings (SSSR count). The SMILES string of the molecule is COC(=O)[C@@H]1CN(C(=O)CN(C)Cc2cccc(OC)c2)c2ccccc2O1. The summed E-state index contributed by atoms with van der Waals surface area (Å²) in [7, 11) is 4.81. The third-order valence-electron chi connectivity index (χ3n) is 4.53. The van der Waals surface area contributed by atoms with Crippen LogP contribution in [-0.2, 0) is 20.9 Å². The summed E-state index contributed by atoms with van der Waals surface area (Å²) in [6.45, 7) is 0.907. The molecule has 7 heteroatoms. The van der Waals surface area contributed by atoms with Gasteiger partial charge in [0.2, 0.25) is 12.0 Å². The summed E-state index contributed by atoms with van der Waals surface area (Å²) >= 11 is 0. The Balaban J connectivity index is 1.72. The van der Waals surface area contributed by atoms with Crippen LogP contribution in [0.25, 0.3) is 0 Å². The molecule has 0 aromatic heterocycles. The van der Waals surface area contributed by atoms with E-state index in [1.54, 1.807) is 24.1 Å². The first kappa shape index (κ1) is 19.7. The van der Waals surface area contributed by atoms with Gasteiger partial charge in [-0.25, -0.2) is 4.79 Å². The molecule has 148 valence electrons. The fraction of sp³-hybridized carbons (Fsp3) is 0.333. The Bertz CT molecular complexity index is 854. The van der Waals surface area contributed by atoms with Crippen LogP contribution in [0.3, 0.4) is 0 Å². The summed E-state index contributed by atoms with van der Waals surface area (Å²) in [5.74, 6) is 0.653. The predicted octanol–water partition coefficient (Wildman–Crippen LogP) is 2.09. The number of hydrogen-bond acceptors (Lipinski definition) is 6. The third-order valence-corrected chi connectivity index (χ3v) is 4.53. The molecule has 0 bridgehead atoms. The molecule has 28 heavy (non-hydrogen) atoms. The number of rotatable bonds is 6. The lowest BCUT2D eigenvalue weighted by atomic mass is 10.1. The molecule has 1 aliphatic rings. The Morgan fingerprint density at radius 1 is 1.18 bits per heavy atom. The molecular weight excluding hydrogens is 360 g/mol. The van der Waals surface area contributed by atoms with Crippen LogP contribution in [0.5, 0.6) is 11.5 Å². The number of esters is 1. The molecule has 0 aliphatic carbocycles. The first-order chi connectivity index (χ1) is 13.5. The molecule has 0 saturated heterocycles. The lowest BCUT2D eigenvalue weighted by Crippen LogP contribution is -2.49. The van der Waals surface area contributed by atoms with Gasteiger partial charge in [-0.1, -0.05) is 24.3 Å². The van der Waals surface area contributed by atoms with Gasteiger partial charge in [-0.3, -0.25) is 9.69 Å². The molecule has 1 amide bonds. The lowest BCUT2D eigenvalue weighted by molar-refractivity contribution is -0.148. The highest BCUT2D eigenvalue weighted by molar-refractivity contribution is 5.98. The standard InChI is InChI=1S/C21H24N2O5/c1-22(12-15-7-6-8-16(11-15)26-2)14-20(24)23-13-19(21(25)27-3)28-18-10-5-4-9-17(18)23/h4-11,19H,12-14H2,1-3H3/t19-/m0/s1. The van der Waals surface area contributed by atoms with Crippen molar-refractivity contribution in [3.05, 3.63) is 54.1 Å². The quantitative estimate of drug-likeness (QED) is 0.711. The van der Waals surface area contributed by atoms with Gasteiger partial charge in [0, 0.05) is 6.54 Å². The molecular formula is C21H24N2O5. The Hall–Kier alpha value is -3.06. The van der Waals surface area contributed by atoms with E-state index in [0.29, 0.717) is 18.0 Å². The summed E-state index contributed by atoms with van der Waals surface area (Å²) < 4.78 is 15.7. The van der Waals surface area contributed by atoms with Crippen LogP contribution >= 0.6 is 0 Å². The Labute approximate surface area is 164 Å². The number of hydrogen-bond donors (Lipinski definition) is 0. The first-order valence-corrected chi connectivity index (χ1v) is 8.97. The van der Waals surface area contributed by atoms with Crippen molar-refractivity contribution in [1.29, 1.82) is 0 Å². The molecule has 1 heterocycles. The number of benzene rings is 2. The van der Waals surface area contributed by atoms with Crippen LogP contribution < -0.4 is 14.4 Å². The van der Waals surface area contributed by atoms with E-state index in [9.17, 15) is 9.59 Å². The van der Waals surface area contributed by atoms with Gasteiger partial charge in [0.25, 0.3) is 0 Å². The molecule has 0 fully saturated rings.